The van der Waals surface area contributed by atoms with Gasteiger partial charge in [-0.1, -0.05) is 26.7 Å². The highest BCUT2D eigenvalue weighted by Gasteiger charge is 2.42. The molecule has 0 spiro atoms. The fourth-order valence-electron chi connectivity index (χ4n) is 3.50. The SMILES string of the molecule is CCCC1(CCC)CN(CC(N)C2CC2)C1. The first-order valence-electron chi connectivity index (χ1n) is 7.17. The van der Waals surface area contributed by atoms with Gasteiger partial charge in [0.1, 0.15) is 0 Å². The van der Waals surface area contributed by atoms with Gasteiger partial charge in [0.05, 0.1) is 0 Å². The lowest BCUT2D eigenvalue weighted by molar-refractivity contribution is -0.0188. The van der Waals surface area contributed by atoms with Gasteiger partial charge >= 0.3 is 0 Å². The first-order valence-corrected chi connectivity index (χ1v) is 7.17. The quantitative estimate of drug-likeness (QED) is 0.720. The molecule has 1 saturated carbocycles. The molecule has 1 aliphatic heterocycles. The molecule has 0 aromatic heterocycles. The summed E-state index contributed by atoms with van der Waals surface area (Å²) in [5.74, 6) is 0.854. The topological polar surface area (TPSA) is 29.3 Å². The van der Waals surface area contributed by atoms with Crippen molar-refractivity contribution in [3.63, 3.8) is 0 Å². The lowest BCUT2D eigenvalue weighted by Gasteiger charge is -2.51. The van der Waals surface area contributed by atoms with E-state index in [4.69, 9.17) is 5.73 Å². The molecule has 0 amide bonds. The Morgan fingerprint density at radius 1 is 1.19 bits per heavy atom. The zero-order chi connectivity index (χ0) is 11.6. The van der Waals surface area contributed by atoms with Crippen LogP contribution < -0.4 is 5.73 Å². The van der Waals surface area contributed by atoms with Crippen molar-refractivity contribution in [2.75, 3.05) is 19.6 Å². The molecule has 94 valence electrons. The maximum atomic E-state index is 6.18. The zero-order valence-electron chi connectivity index (χ0n) is 11.0. The van der Waals surface area contributed by atoms with E-state index < -0.39 is 0 Å². The van der Waals surface area contributed by atoms with Gasteiger partial charge in [0.15, 0.2) is 0 Å². The second-order valence-corrected chi connectivity index (χ2v) is 6.17. The summed E-state index contributed by atoms with van der Waals surface area (Å²) >= 11 is 0. The minimum absolute atomic E-state index is 0.459. The van der Waals surface area contributed by atoms with E-state index in [1.807, 2.05) is 0 Å². The molecule has 1 unspecified atom stereocenters. The van der Waals surface area contributed by atoms with Gasteiger partial charge in [-0.2, -0.15) is 0 Å². The number of hydrogen-bond acceptors (Lipinski definition) is 2. The van der Waals surface area contributed by atoms with Crippen LogP contribution in [0.4, 0.5) is 0 Å². The summed E-state index contributed by atoms with van der Waals surface area (Å²) in [6.07, 6.45) is 8.26. The lowest BCUT2D eigenvalue weighted by Crippen LogP contribution is -2.59. The van der Waals surface area contributed by atoms with Crippen LogP contribution in [0.3, 0.4) is 0 Å². The smallest absolute Gasteiger partial charge is 0.0196 e. The predicted molar refractivity (Wildman–Crippen MR) is 69.4 cm³/mol. The molecule has 2 fully saturated rings. The molecule has 2 aliphatic rings. The first-order chi connectivity index (χ1) is 7.69. The van der Waals surface area contributed by atoms with Crippen molar-refractivity contribution >= 4 is 0 Å². The summed E-state index contributed by atoms with van der Waals surface area (Å²) in [7, 11) is 0. The van der Waals surface area contributed by atoms with E-state index in [2.05, 4.69) is 18.7 Å². The third-order valence-corrected chi connectivity index (χ3v) is 4.38. The highest BCUT2D eigenvalue weighted by Crippen LogP contribution is 2.40. The van der Waals surface area contributed by atoms with Gasteiger partial charge in [0.2, 0.25) is 0 Å². The molecule has 0 bridgehead atoms. The summed E-state index contributed by atoms with van der Waals surface area (Å²) in [5.41, 5.74) is 6.84. The van der Waals surface area contributed by atoms with Crippen LogP contribution in [0.5, 0.6) is 0 Å². The first kappa shape index (κ1) is 12.4. The Hall–Kier alpha value is -0.0800. The molecule has 0 aromatic carbocycles. The fraction of sp³-hybridized carbons (Fsp3) is 1.00. The number of hydrogen-bond donors (Lipinski definition) is 1. The number of likely N-dealkylation sites (tertiary alicyclic amines) is 1. The van der Waals surface area contributed by atoms with Gasteiger partial charge in [-0.15, -0.1) is 0 Å². The second-order valence-electron chi connectivity index (χ2n) is 6.17. The minimum atomic E-state index is 0.459. The lowest BCUT2D eigenvalue weighted by atomic mass is 9.72. The Kier molecular flexibility index (Phi) is 3.91. The van der Waals surface area contributed by atoms with Crippen LogP contribution in [0.15, 0.2) is 0 Å². The van der Waals surface area contributed by atoms with E-state index in [0.717, 1.165) is 12.5 Å². The van der Waals surface area contributed by atoms with Crippen LogP contribution in [0, 0.1) is 11.3 Å². The molecule has 0 aromatic rings. The van der Waals surface area contributed by atoms with E-state index in [1.54, 1.807) is 0 Å². The van der Waals surface area contributed by atoms with Crippen molar-refractivity contribution < 1.29 is 0 Å². The molecule has 0 radical (unpaired) electrons. The van der Waals surface area contributed by atoms with Crippen LogP contribution in [0.1, 0.15) is 52.4 Å². The van der Waals surface area contributed by atoms with Crippen LogP contribution in [0.25, 0.3) is 0 Å². The average Bonchev–Trinajstić information content (AvgIpc) is 2.98. The largest absolute Gasteiger partial charge is 0.326 e. The monoisotopic (exact) mass is 224 g/mol. The molecule has 16 heavy (non-hydrogen) atoms. The minimum Gasteiger partial charge on any atom is -0.326 e. The Balaban J connectivity index is 1.72. The van der Waals surface area contributed by atoms with Gasteiger partial charge in [-0.05, 0) is 37.0 Å². The fourth-order valence-corrected chi connectivity index (χ4v) is 3.50. The predicted octanol–water partition coefficient (Wildman–Crippen LogP) is 2.63. The van der Waals surface area contributed by atoms with E-state index in [-0.39, 0.29) is 0 Å². The molecule has 2 heteroatoms. The Morgan fingerprint density at radius 3 is 2.19 bits per heavy atom. The van der Waals surface area contributed by atoms with Crippen molar-refractivity contribution in [1.29, 1.82) is 0 Å². The van der Waals surface area contributed by atoms with Crippen LogP contribution >= 0.6 is 0 Å². The van der Waals surface area contributed by atoms with Crippen LogP contribution in [-0.2, 0) is 0 Å². The maximum absolute atomic E-state index is 6.18. The third-order valence-electron chi connectivity index (χ3n) is 4.38. The van der Waals surface area contributed by atoms with Gasteiger partial charge in [0, 0.05) is 25.7 Å². The third kappa shape index (κ3) is 2.78. The van der Waals surface area contributed by atoms with E-state index in [1.165, 1.54) is 51.6 Å². The standard InChI is InChI=1S/C14H28N2/c1-3-7-14(8-4-2)10-16(11-14)9-13(15)12-5-6-12/h12-13H,3-11,15H2,1-2H3. The molecular weight excluding hydrogens is 196 g/mol. The van der Waals surface area contributed by atoms with Gasteiger partial charge in [-0.25, -0.2) is 0 Å². The average molecular weight is 224 g/mol. The van der Waals surface area contributed by atoms with Crippen LogP contribution in [0.2, 0.25) is 0 Å². The Morgan fingerprint density at radius 2 is 1.75 bits per heavy atom. The Labute approximate surface area is 101 Å². The highest BCUT2D eigenvalue weighted by molar-refractivity contribution is 4.97. The summed E-state index contributed by atoms with van der Waals surface area (Å²) in [6, 6.07) is 0.459. The van der Waals surface area contributed by atoms with Gasteiger partial charge in [0.25, 0.3) is 0 Å². The molecule has 2 rings (SSSR count). The Bertz CT molecular complexity index is 209. The molecule has 1 aliphatic carbocycles. The molecule has 2 nitrogen and oxygen atoms in total. The highest BCUT2D eigenvalue weighted by atomic mass is 15.2. The number of nitrogens with zero attached hydrogens (tertiary/aromatic N) is 1. The second kappa shape index (κ2) is 5.05. The molecule has 2 N–H and O–H groups in total. The van der Waals surface area contributed by atoms with Gasteiger partial charge in [-0.3, -0.25) is 0 Å². The van der Waals surface area contributed by atoms with Crippen molar-refractivity contribution in [3.8, 4) is 0 Å². The van der Waals surface area contributed by atoms with Crippen LogP contribution in [-0.4, -0.2) is 30.6 Å². The van der Waals surface area contributed by atoms with Crippen molar-refractivity contribution in [3.05, 3.63) is 0 Å². The summed E-state index contributed by atoms with van der Waals surface area (Å²) < 4.78 is 0. The van der Waals surface area contributed by atoms with E-state index in [9.17, 15) is 0 Å². The van der Waals surface area contributed by atoms with Crippen molar-refractivity contribution in [2.24, 2.45) is 17.1 Å². The van der Waals surface area contributed by atoms with Crippen molar-refractivity contribution in [1.82, 2.24) is 4.90 Å². The normalized spacial score (nSPS) is 26.4. The zero-order valence-corrected chi connectivity index (χ0v) is 11.0. The van der Waals surface area contributed by atoms with E-state index in [0.29, 0.717) is 11.5 Å². The summed E-state index contributed by atoms with van der Waals surface area (Å²) in [5, 5.41) is 0. The van der Waals surface area contributed by atoms with Gasteiger partial charge < -0.3 is 10.6 Å². The van der Waals surface area contributed by atoms with E-state index >= 15 is 0 Å². The van der Waals surface area contributed by atoms with Crippen molar-refractivity contribution in [2.45, 2.75) is 58.4 Å². The summed E-state index contributed by atoms with van der Waals surface area (Å²) in [4.78, 5) is 2.59. The number of nitrogens with two attached hydrogens (primary N) is 1. The maximum Gasteiger partial charge on any atom is 0.0196 e. The molecule has 1 saturated heterocycles. The molecule has 1 atom stereocenters. The molecular formula is C14H28N2. The summed E-state index contributed by atoms with van der Waals surface area (Å²) in [6.45, 7) is 8.41. The molecule has 1 heterocycles. The number of rotatable bonds is 7.